The number of aliphatic hydroxyl groups is 1. The fourth-order valence-corrected chi connectivity index (χ4v) is 2.36. The maximum Gasteiger partial charge on any atom is 0.412 e. The zero-order chi connectivity index (χ0) is 19.1. The molecule has 0 aliphatic heterocycles. The summed E-state index contributed by atoms with van der Waals surface area (Å²) in [5.74, 6) is -1.40. The van der Waals surface area contributed by atoms with Crippen LogP contribution < -0.4 is 5.32 Å². The van der Waals surface area contributed by atoms with E-state index in [1.54, 1.807) is 24.3 Å². The number of aromatic hydroxyl groups is 1. The highest BCUT2D eigenvalue weighted by molar-refractivity contribution is 5.94. The van der Waals surface area contributed by atoms with Crippen LogP contribution in [0.15, 0.2) is 42.5 Å². The first-order valence-electron chi connectivity index (χ1n) is 8.08. The third kappa shape index (κ3) is 5.29. The number of hydrogen-bond donors (Lipinski definition) is 3. The lowest BCUT2D eigenvalue weighted by Gasteiger charge is -2.19. The molecule has 0 aliphatic carbocycles. The Kier molecular flexibility index (Phi) is 6.68. The van der Waals surface area contributed by atoms with Crippen molar-refractivity contribution in [3.63, 3.8) is 0 Å². The van der Waals surface area contributed by atoms with Gasteiger partial charge >= 0.3 is 6.09 Å². The molecule has 6 nitrogen and oxygen atoms in total. The third-order valence-corrected chi connectivity index (χ3v) is 3.76. The molecule has 1 amide bonds. The number of nitrogens with one attached hydrogen (secondary N) is 1. The fourth-order valence-electron chi connectivity index (χ4n) is 2.36. The molecule has 0 aliphatic rings. The van der Waals surface area contributed by atoms with E-state index in [9.17, 15) is 19.1 Å². The van der Waals surface area contributed by atoms with Crippen molar-refractivity contribution in [1.29, 1.82) is 0 Å². The zero-order valence-corrected chi connectivity index (χ0v) is 14.2. The molecule has 0 spiro atoms. The van der Waals surface area contributed by atoms with E-state index >= 15 is 0 Å². The second kappa shape index (κ2) is 8.96. The zero-order valence-electron chi connectivity index (χ0n) is 14.2. The van der Waals surface area contributed by atoms with Crippen molar-refractivity contribution in [2.24, 2.45) is 0 Å². The lowest BCUT2D eigenvalue weighted by atomic mass is 10.0. The minimum absolute atomic E-state index is 0.0856. The highest BCUT2D eigenvalue weighted by Crippen LogP contribution is 2.27. The lowest BCUT2D eigenvalue weighted by Crippen LogP contribution is -2.18. The Morgan fingerprint density at radius 1 is 1.19 bits per heavy atom. The summed E-state index contributed by atoms with van der Waals surface area (Å²) >= 11 is 0. The first kappa shape index (κ1) is 19.4. The maximum atomic E-state index is 13.6. The summed E-state index contributed by atoms with van der Waals surface area (Å²) in [5, 5.41) is 20.8. The normalized spacial score (nSPS) is 11.7. The molecule has 2 aromatic carbocycles. The molecule has 0 heterocycles. The number of ketones is 1. The number of Topliss-reactive ketones (excluding diaryl/α,β-unsaturated/α-hetero) is 1. The number of benzene rings is 2. The standard InChI is InChI=1S/C19H20FNO5/c1-12(23)13-4-7-15(8-5-13)21-19(25)26-18(3-2-10-22)14-6-9-17(24)16(20)11-14/h4-9,11,18,22,24H,2-3,10H2,1H3,(H,21,25)/t18-/m0/s1. The van der Waals surface area contributed by atoms with Crippen LogP contribution in [0.25, 0.3) is 0 Å². The topological polar surface area (TPSA) is 95.9 Å². The molecule has 0 saturated heterocycles. The van der Waals surface area contributed by atoms with Gasteiger partial charge < -0.3 is 14.9 Å². The van der Waals surface area contributed by atoms with E-state index < -0.39 is 23.8 Å². The van der Waals surface area contributed by atoms with Gasteiger partial charge in [-0.1, -0.05) is 6.07 Å². The molecule has 1 atom stereocenters. The molecule has 0 aromatic heterocycles. The van der Waals surface area contributed by atoms with Gasteiger partial charge in [-0.15, -0.1) is 0 Å². The Morgan fingerprint density at radius 3 is 2.46 bits per heavy atom. The van der Waals surface area contributed by atoms with E-state index in [0.29, 0.717) is 23.2 Å². The highest BCUT2D eigenvalue weighted by Gasteiger charge is 2.18. The number of amides is 1. The molecule has 0 fully saturated rings. The quantitative estimate of drug-likeness (QED) is 0.652. The summed E-state index contributed by atoms with van der Waals surface area (Å²) in [7, 11) is 0. The number of aliphatic hydroxyl groups excluding tert-OH is 1. The van der Waals surface area contributed by atoms with Gasteiger partial charge in [-0.25, -0.2) is 9.18 Å². The molecule has 0 radical (unpaired) electrons. The number of anilines is 1. The Balaban J connectivity index is 2.07. The van der Waals surface area contributed by atoms with Gasteiger partial charge in [0.25, 0.3) is 0 Å². The Labute approximate surface area is 150 Å². The predicted molar refractivity (Wildman–Crippen MR) is 93.7 cm³/mol. The number of halogens is 1. The van der Waals surface area contributed by atoms with E-state index in [0.717, 1.165) is 6.07 Å². The van der Waals surface area contributed by atoms with E-state index in [1.807, 2.05) is 0 Å². The van der Waals surface area contributed by atoms with E-state index in [4.69, 9.17) is 9.84 Å². The monoisotopic (exact) mass is 361 g/mol. The molecule has 0 bridgehead atoms. The summed E-state index contributed by atoms with van der Waals surface area (Å²) < 4.78 is 18.9. The van der Waals surface area contributed by atoms with Crippen LogP contribution in [-0.4, -0.2) is 28.7 Å². The van der Waals surface area contributed by atoms with Crippen LogP contribution >= 0.6 is 0 Å². The maximum absolute atomic E-state index is 13.6. The minimum atomic E-state index is -0.819. The highest BCUT2D eigenvalue weighted by atomic mass is 19.1. The molecule has 2 aromatic rings. The molecule has 0 saturated carbocycles. The van der Waals surface area contributed by atoms with Gasteiger partial charge in [-0.3, -0.25) is 10.1 Å². The van der Waals surface area contributed by atoms with E-state index in [-0.39, 0.29) is 18.8 Å². The third-order valence-electron chi connectivity index (χ3n) is 3.76. The number of phenolic OH excluding ortho intramolecular Hbond substituents is 1. The van der Waals surface area contributed by atoms with Crippen LogP contribution in [0.3, 0.4) is 0 Å². The second-order valence-electron chi connectivity index (χ2n) is 5.73. The smallest absolute Gasteiger partial charge is 0.412 e. The van der Waals surface area contributed by atoms with Crippen LogP contribution in [0.1, 0.15) is 41.8 Å². The van der Waals surface area contributed by atoms with Crippen molar-refractivity contribution < 1.29 is 28.9 Å². The minimum Gasteiger partial charge on any atom is -0.505 e. The van der Waals surface area contributed by atoms with Crippen molar-refractivity contribution in [1.82, 2.24) is 0 Å². The summed E-state index contributed by atoms with van der Waals surface area (Å²) in [4.78, 5) is 23.4. The van der Waals surface area contributed by atoms with Crippen LogP contribution in [0.2, 0.25) is 0 Å². The summed E-state index contributed by atoms with van der Waals surface area (Å²) in [6, 6.07) is 10.0. The number of carbonyl (C=O) groups is 2. The number of phenols is 1. The number of rotatable bonds is 7. The van der Waals surface area contributed by atoms with Crippen LogP contribution in [-0.2, 0) is 4.74 Å². The largest absolute Gasteiger partial charge is 0.505 e. The van der Waals surface area contributed by atoms with Gasteiger partial charge in [0.15, 0.2) is 17.3 Å². The van der Waals surface area contributed by atoms with Crippen LogP contribution in [0, 0.1) is 5.82 Å². The van der Waals surface area contributed by atoms with E-state index in [1.165, 1.54) is 19.1 Å². The van der Waals surface area contributed by atoms with Gasteiger partial charge in [0.2, 0.25) is 0 Å². The molecule has 26 heavy (non-hydrogen) atoms. The van der Waals surface area contributed by atoms with Gasteiger partial charge in [0, 0.05) is 17.9 Å². The van der Waals surface area contributed by atoms with Crippen molar-refractivity contribution in [2.45, 2.75) is 25.9 Å². The molecule has 0 unspecified atom stereocenters. The van der Waals surface area contributed by atoms with Crippen LogP contribution in [0.5, 0.6) is 5.75 Å². The average Bonchev–Trinajstić information content (AvgIpc) is 2.61. The van der Waals surface area contributed by atoms with Crippen molar-refractivity contribution in [2.75, 3.05) is 11.9 Å². The van der Waals surface area contributed by atoms with Crippen molar-refractivity contribution in [3.8, 4) is 5.75 Å². The average molecular weight is 361 g/mol. The Hall–Kier alpha value is -2.93. The molecule has 138 valence electrons. The Morgan fingerprint density at radius 2 is 1.88 bits per heavy atom. The van der Waals surface area contributed by atoms with Crippen molar-refractivity contribution in [3.05, 3.63) is 59.4 Å². The van der Waals surface area contributed by atoms with Gasteiger partial charge in [-0.05, 0) is 61.7 Å². The van der Waals surface area contributed by atoms with Gasteiger partial charge in [0.1, 0.15) is 6.10 Å². The SMILES string of the molecule is CC(=O)c1ccc(NC(=O)O[C@@H](CCCO)c2ccc(O)c(F)c2)cc1. The molecule has 3 N–H and O–H groups in total. The summed E-state index contributed by atoms with van der Waals surface area (Å²) in [6.07, 6.45) is -0.892. The lowest BCUT2D eigenvalue weighted by molar-refractivity contribution is 0.0991. The molecular formula is C19H20FNO5. The number of carbonyl (C=O) groups excluding carboxylic acids is 2. The number of hydrogen-bond acceptors (Lipinski definition) is 5. The molecule has 7 heteroatoms. The first-order chi connectivity index (χ1) is 12.4. The first-order valence-corrected chi connectivity index (χ1v) is 8.08. The summed E-state index contributed by atoms with van der Waals surface area (Å²) in [5.41, 5.74) is 1.33. The van der Waals surface area contributed by atoms with Gasteiger partial charge in [0.05, 0.1) is 0 Å². The van der Waals surface area contributed by atoms with Gasteiger partial charge in [-0.2, -0.15) is 0 Å². The van der Waals surface area contributed by atoms with Crippen LogP contribution in [0.4, 0.5) is 14.9 Å². The fraction of sp³-hybridized carbons (Fsp3) is 0.263. The molecule has 2 rings (SSSR count). The van der Waals surface area contributed by atoms with Crippen molar-refractivity contribution >= 4 is 17.6 Å². The second-order valence-corrected chi connectivity index (χ2v) is 5.73. The molecular weight excluding hydrogens is 341 g/mol. The Bertz CT molecular complexity index is 776. The van der Waals surface area contributed by atoms with E-state index in [2.05, 4.69) is 5.32 Å². The summed E-state index contributed by atoms with van der Waals surface area (Å²) in [6.45, 7) is 1.34. The predicted octanol–water partition coefficient (Wildman–Crippen LogP) is 3.80. The number of ether oxygens (including phenoxy) is 1.